The minimum Gasteiger partial charge on any atom is -0.497 e. The van der Waals surface area contributed by atoms with Gasteiger partial charge in [-0.25, -0.2) is 0 Å². The van der Waals surface area contributed by atoms with E-state index >= 15 is 0 Å². The van der Waals surface area contributed by atoms with Crippen molar-refractivity contribution in [1.29, 1.82) is 0 Å². The molecule has 3 aromatic rings. The van der Waals surface area contributed by atoms with E-state index in [-0.39, 0.29) is 18.2 Å². The van der Waals surface area contributed by atoms with Gasteiger partial charge in [0.2, 0.25) is 11.8 Å². The molecule has 5 rings (SSSR count). The lowest BCUT2D eigenvalue weighted by Gasteiger charge is -2.29. The number of anilines is 2. The molecular weight excluding hydrogens is 448 g/mol. The molecule has 180 valence electrons. The van der Waals surface area contributed by atoms with Gasteiger partial charge in [-0.1, -0.05) is 12.1 Å². The van der Waals surface area contributed by atoms with E-state index in [9.17, 15) is 9.59 Å². The molecule has 35 heavy (non-hydrogen) atoms. The lowest BCUT2D eigenvalue weighted by atomic mass is 9.92. The SMILES string of the molecule is COc1ccc([C@H]2[C@@H](C(=O)Nc3ccc4c(c3)OCCO4)CC(=O)N2c2ccc(OC)cc2)cc1. The number of hydrogen-bond donors (Lipinski definition) is 1. The molecule has 1 fully saturated rings. The van der Waals surface area contributed by atoms with Gasteiger partial charge in [0.05, 0.1) is 26.2 Å². The number of rotatable bonds is 6. The van der Waals surface area contributed by atoms with Crippen LogP contribution in [0.1, 0.15) is 18.0 Å². The number of benzene rings is 3. The van der Waals surface area contributed by atoms with Crippen LogP contribution in [0.25, 0.3) is 0 Å². The van der Waals surface area contributed by atoms with Gasteiger partial charge in [-0.15, -0.1) is 0 Å². The minimum absolute atomic E-state index is 0.0825. The van der Waals surface area contributed by atoms with E-state index in [1.807, 2.05) is 36.4 Å². The van der Waals surface area contributed by atoms with Gasteiger partial charge in [0.25, 0.3) is 0 Å². The van der Waals surface area contributed by atoms with Crippen LogP contribution in [0, 0.1) is 5.92 Å². The number of carbonyl (C=O) groups is 2. The Morgan fingerprint density at radius 3 is 2.17 bits per heavy atom. The highest BCUT2D eigenvalue weighted by Crippen LogP contribution is 2.43. The third-order valence-corrected chi connectivity index (χ3v) is 6.28. The molecule has 2 amide bonds. The molecule has 3 aromatic carbocycles. The summed E-state index contributed by atoms with van der Waals surface area (Å²) in [5.41, 5.74) is 2.13. The average Bonchev–Trinajstić information content (AvgIpc) is 3.25. The fourth-order valence-electron chi connectivity index (χ4n) is 4.56. The van der Waals surface area contributed by atoms with Crippen LogP contribution < -0.4 is 29.2 Å². The quantitative estimate of drug-likeness (QED) is 0.576. The monoisotopic (exact) mass is 474 g/mol. The number of hydrogen-bond acceptors (Lipinski definition) is 6. The highest BCUT2D eigenvalue weighted by atomic mass is 16.6. The predicted octanol–water partition coefficient (Wildman–Crippen LogP) is 4.21. The first-order valence-electron chi connectivity index (χ1n) is 11.4. The van der Waals surface area contributed by atoms with Crippen molar-refractivity contribution in [2.75, 3.05) is 37.7 Å². The molecule has 2 aliphatic heterocycles. The summed E-state index contributed by atoms with van der Waals surface area (Å²) in [6, 6.07) is 19.5. The molecule has 2 atom stereocenters. The predicted molar refractivity (Wildman–Crippen MR) is 130 cm³/mol. The van der Waals surface area contributed by atoms with Crippen molar-refractivity contribution in [3.8, 4) is 23.0 Å². The largest absolute Gasteiger partial charge is 0.497 e. The molecule has 8 heteroatoms. The van der Waals surface area contributed by atoms with Crippen LogP contribution in [-0.4, -0.2) is 39.2 Å². The Bertz CT molecular complexity index is 1230. The Kier molecular flexibility index (Phi) is 6.18. The van der Waals surface area contributed by atoms with Crippen LogP contribution in [0.4, 0.5) is 11.4 Å². The first-order chi connectivity index (χ1) is 17.1. The lowest BCUT2D eigenvalue weighted by Crippen LogP contribution is -2.32. The molecule has 8 nitrogen and oxygen atoms in total. The second kappa shape index (κ2) is 9.58. The van der Waals surface area contributed by atoms with Crippen molar-refractivity contribution in [3.05, 3.63) is 72.3 Å². The molecule has 0 radical (unpaired) electrons. The smallest absolute Gasteiger partial charge is 0.230 e. The number of carbonyl (C=O) groups excluding carboxylic acids is 2. The van der Waals surface area contributed by atoms with E-state index in [1.165, 1.54) is 0 Å². The first-order valence-corrected chi connectivity index (χ1v) is 11.4. The molecule has 0 saturated carbocycles. The van der Waals surface area contributed by atoms with Crippen LogP contribution in [-0.2, 0) is 9.59 Å². The maximum absolute atomic E-state index is 13.5. The van der Waals surface area contributed by atoms with Gasteiger partial charge in [0, 0.05) is 23.9 Å². The van der Waals surface area contributed by atoms with Gasteiger partial charge in [-0.2, -0.15) is 0 Å². The fourth-order valence-corrected chi connectivity index (χ4v) is 4.56. The summed E-state index contributed by atoms with van der Waals surface area (Å²) in [6.45, 7) is 0.950. The van der Waals surface area contributed by atoms with Gasteiger partial charge in [-0.05, 0) is 54.1 Å². The Morgan fingerprint density at radius 1 is 0.886 bits per heavy atom. The van der Waals surface area contributed by atoms with Crippen molar-refractivity contribution in [2.45, 2.75) is 12.5 Å². The molecule has 0 spiro atoms. The van der Waals surface area contributed by atoms with Crippen LogP contribution in [0.5, 0.6) is 23.0 Å². The van der Waals surface area contributed by atoms with Gasteiger partial charge >= 0.3 is 0 Å². The summed E-state index contributed by atoms with van der Waals surface area (Å²) >= 11 is 0. The molecule has 1 N–H and O–H groups in total. The van der Waals surface area contributed by atoms with Gasteiger partial charge in [-0.3, -0.25) is 9.59 Å². The van der Waals surface area contributed by atoms with E-state index in [4.69, 9.17) is 18.9 Å². The first kappa shape index (κ1) is 22.6. The number of methoxy groups -OCH3 is 2. The number of ether oxygens (including phenoxy) is 4. The molecule has 1 saturated heterocycles. The summed E-state index contributed by atoms with van der Waals surface area (Å²) in [5, 5.41) is 2.97. The Balaban J connectivity index is 1.46. The molecule has 0 aromatic heterocycles. The molecule has 0 bridgehead atoms. The zero-order valence-electron chi connectivity index (χ0n) is 19.5. The second-order valence-corrected chi connectivity index (χ2v) is 8.34. The van der Waals surface area contributed by atoms with E-state index in [0.29, 0.717) is 47.6 Å². The van der Waals surface area contributed by atoms with Crippen LogP contribution in [0.2, 0.25) is 0 Å². The number of fused-ring (bicyclic) bond motifs is 1. The zero-order chi connectivity index (χ0) is 24.4. The van der Waals surface area contributed by atoms with Gasteiger partial charge < -0.3 is 29.2 Å². The van der Waals surface area contributed by atoms with Gasteiger partial charge in [0.1, 0.15) is 24.7 Å². The fraction of sp³-hybridized carbons (Fsp3) is 0.259. The van der Waals surface area contributed by atoms with Crippen LogP contribution in [0.3, 0.4) is 0 Å². The summed E-state index contributed by atoms with van der Waals surface area (Å²) < 4.78 is 21.7. The van der Waals surface area contributed by atoms with Crippen LogP contribution in [0.15, 0.2) is 66.7 Å². The maximum Gasteiger partial charge on any atom is 0.230 e. The third kappa shape index (κ3) is 4.47. The van der Waals surface area contributed by atoms with Crippen molar-refractivity contribution in [3.63, 3.8) is 0 Å². The second-order valence-electron chi connectivity index (χ2n) is 8.34. The normalized spacial score (nSPS) is 18.8. The Morgan fingerprint density at radius 2 is 1.51 bits per heavy atom. The van der Waals surface area contributed by atoms with Crippen molar-refractivity contribution in [2.24, 2.45) is 5.92 Å². The number of nitrogens with zero attached hydrogens (tertiary/aromatic N) is 1. The lowest BCUT2D eigenvalue weighted by molar-refractivity contribution is -0.122. The van der Waals surface area contributed by atoms with Crippen molar-refractivity contribution < 1.29 is 28.5 Å². The number of amides is 2. The Labute approximate surface area is 203 Å². The summed E-state index contributed by atoms with van der Waals surface area (Å²) in [7, 11) is 3.19. The zero-order valence-corrected chi connectivity index (χ0v) is 19.5. The minimum atomic E-state index is -0.605. The Hall–Kier alpha value is -4.20. The van der Waals surface area contributed by atoms with E-state index in [2.05, 4.69) is 5.32 Å². The molecule has 2 aliphatic rings. The van der Waals surface area contributed by atoms with Crippen molar-refractivity contribution in [1.82, 2.24) is 0 Å². The summed E-state index contributed by atoms with van der Waals surface area (Å²) in [6.07, 6.45) is 0.0825. The maximum atomic E-state index is 13.5. The average molecular weight is 475 g/mol. The third-order valence-electron chi connectivity index (χ3n) is 6.28. The molecule has 0 unspecified atom stereocenters. The van der Waals surface area contributed by atoms with E-state index in [0.717, 1.165) is 5.56 Å². The number of nitrogens with one attached hydrogen (secondary N) is 1. The van der Waals surface area contributed by atoms with Gasteiger partial charge in [0.15, 0.2) is 11.5 Å². The van der Waals surface area contributed by atoms with E-state index < -0.39 is 12.0 Å². The van der Waals surface area contributed by atoms with Crippen molar-refractivity contribution >= 4 is 23.2 Å². The molecule has 0 aliphatic carbocycles. The highest BCUT2D eigenvalue weighted by Gasteiger charge is 2.45. The van der Waals surface area contributed by atoms with Crippen LogP contribution >= 0.6 is 0 Å². The highest BCUT2D eigenvalue weighted by molar-refractivity contribution is 6.04. The van der Waals surface area contributed by atoms with E-state index in [1.54, 1.807) is 49.5 Å². The standard InChI is InChI=1S/C27H26N2O6/c1-32-20-8-3-17(4-9-20)26-22(16-25(30)29(26)19-6-10-21(33-2)11-7-19)27(31)28-18-5-12-23-24(15-18)35-14-13-34-23/h3-12,15,22,26H,13-14,16H2,1-2H3,(H,28,31)/t22-,26-/m0/s1. The topological polar surface area (TPSA) is 86.3 Å². The molecule has 2 heterocycles. The molecular formula is C27H26N2O6. The summed E-state index contributed by atoms with van der Waals surface area (Å²) in [5.74, 6) is 1.65. The summed E-state index contributed by atoms with van der Waals surface area (Å²) in [4.78, 5) is 28.4.